The first-order chi connectivity index (χ1) is 17.2. The Morgan fingerprint density at radius 2 is 1.64 bits per heavy atom. The van der Waals surface area contributed by atoms with Gasteiger partial charge in [0.05, 0.1) is 12.1 Å². The molecular formula is C28H31ClN2O5. The van der Waals surface area contributed by atoms with E-state index in [0.717, 1.165) is 24.6 Å². The van der Waals surface area contributed by atoms with Crippen LogP contribution in [0.15, 0.2) is 52.9 Å². The molecule has 2 amide bonds. The van der Waals surface area contributed by atoms with E-state index >= 15 is 0 Å². The van der Waals surface area contributed by atoms with Crippen LogP contribution in [-0.4, -0.2) is 60.5 Å². The lowest BCUT2D eigenvalue weighted by molar-refractivity contribution is -0.144. The summed E-state index contributed by atoms with van der Waals surface area (Å²) in [5, 5.41) is 1.33. The first-order valence-electron chi connectivity index (χ1n) is 12.3. The van der Waals surface area contributed by atoms with E-state index in [1.54, 1.807) is 39.2 Å². The number of rotatable bonds is 5. The quantitative estimate of drug-likeness (QED) is 0.459. The topological polar surface area (TPSA) is 72.2 Å². The second-order valence-electron chi connectivity index (χ2n) is 10.3. The molecule has 0 aliphatic carbocycles. The lowest BCUT2D eigenvalue weighted by Gasteiger charge is -2.39. The van der Waals surface area contributed by atoms with Crippen molar-refractivity contribution < 1.29 is 23.5 Å². The summed E-state index contributed by atoms with van der Waals surface area (Å²) < 4.78 is 17.3. The van der Waals surface area contributed by atoms with Gasteiger partial charge in [-0.2, -0.15) is 0 Å². The Hall–Kier alpha value is -3.19. The zero-order chi connectivity index (χ0) is 25.5. The lowest BCUT2D eigenvalue weighted by Crippen LogP contribution is -2.50. The van der Waals surface area contributed by atoms with Gasteiger partial charge in [0.2, 0.25) is 0 Å². The molecule has 0 saturated carbocycles. The smallest absolute Gasteiger partial charge is 0.289 e. The number of halogens is 1. The number of benzene rings is 2. The summed E-state index contributed by atoms with van der Waals surface area (Å²) in [6.07, 6.45) is 2.61. The van der Waals surface area contributed by atoms with E-state index in [-0.39, 0.29) is 17.2 Å². The summed E-state index contributed by atoms with van der Waals surface area (Å²) >= 11 is 6.24. The Morgan fingerprint density at radius 1 is 0.972 bits per heavy atom. The second kappa shape index (κ2) is 9.36. The molecule has 5 rings (SSSR count). The van der Waals surface area contributed by atoms with Crippen LogP contribution >= 0.6 is 11.6 Å². The van der Waals surface area contributed by atoms with E-state index in [1.807, 2.05) is 40.1 Å². The number of ether oxygens (including phenoxy) is 2. The Bertz CT molecular complexity index is 1290. The highest BCUT2D eigenvalue weighted by Gasteiger charge is 2.46. The van der Waals surface area contributed by atoms with Crippen molar-refractivity contribution in [1.82, 2.24) is 9.80 Å². The molecule has 2 aromatic carbocycles. The Labute approximate surface area is 215 Å². The van der Waals surface area contributed by atoms with Crippen LogP contribution in [0, 0.1) is 5.41 Å². The van der Waals surface area contributed by atoms with Crippen LogP contribution in [0.4, 0.5) is 0 Å². The van der Waals surface area contributed by atoms with Crippen LogP contribution < -0.4 is 9.47 Å². The highest BCUT2D eigenvalue weighted by molar-refractivity contribution is 6.32. The van der Waals surface area contributed by atoms with Crippen molar-refractivity contribution >= 4 is 34.4 Å². The third-order valence-corrected chi connectivity index (χ3v) is 7.80. The highest BCUT2D eigenvalue weighted by Crippen LogP contribution is 2.42. The highest BCUT2D eigenvalue weighted by atomic mass is 35.5. The summed E-state index contributed by atoms with van der Waals surface area (Å²) in [6, 6.07) is 14.6. The predicted octanol–water partition coefficient (Wildman–Crippen LogP) is 5.41. The third-order valence-electron chi connectivity index (χ3n) is 7.49. The Kier molecular flexibility index (Phi) is 6.37. The summed E-state index contributed by atoms with van der Waals surface area (Å²) in [4.78, 5) is 30.3. The molecule has 1 aromatic heterocycles. The van der Waals surface area contributed by atoms with Gasteiger partial charge in [-0.15, -0.1) is 0 Å². The number of furan rings is 1. The van der Waals surface area contributed by atoms with Crippen molar-refractivity contribution in [2.75, 3.05) is 33.3 Å². The standard InChI is InChI=1S/C28H31ClN2O5/c1-27(2,36-21-9-5-4-8-20(21)29)26(33)31-16-13-28(18-31)11-14-30(15-12-28)25(32)23-17-19-7-6-10-22(34-3)24(19)35-23/h4-10,17H,11-16,18H2,1-3H3. The van der Waals surface area contributed by atoms with Crippen LogP contribution in [0.5, 0.6) is 11.5 Å². The van der Waals surface area contributed by atoms with Crippen molar-refractivity contribution in [2.24, 2.45) is 5.41 Å². The number of carbonyl (C=O) groups is 2. The van der Waals surface area contributed by atoms with Gasteiger partial charge >= 0.3 is 0 Å². The average Bonchev–Trinajstić information content (AvgIpc) is 3.49. The van der Waals surface area contributed by atoms with Gasteiger partial charge in [0.15, 0.2) is 22.7 Å². The molecule has 0 unspecified atom stereocenters. The van der Waals surface area contributed by atoms with Crippen molar-refractivity contribution in [3.63, 3.8) is 0 Å². The van der Waals surface area contributed by atoms with Crippen LogP contribution in [-0.2, 0) is 4.79 Å². The summed E-state index contributed by atoms with van der Waals surface area (Å²) in [6.45, 7) is 6.19. The minimum atomic E-state index is -1.03. The van der Waals surface area contributed by atoms with Gasteiger partial charge in [-0.3, -0.25) is 9.59 Å². The maximum absolute atomic E-state index is 13.4. The number of hydrogen-bond acceptors (Lipinski definition) is 5. The summed E-state index contributed by atoms with van der Waals surface area (Å²) in [5.74, 6) is 1.28. The summed E-state index contributed by atoms with van der Waals surface area (Å²) in [7, 11) is 1.59. The van der Waals surface area contributed by atoms with Crippen LogP contribution in [0.3, 0.4) is 0 Å². The molecule has 3 heterocycles. The molecule has 1 spiro atoms. The fraction of sp³-hybridized carbons (Fsp3) is 0.429. The molecule has 2 fully saturated rings. The maximum atomic E-state index is 13.4. The van der Waals surface area contributed by atoms with Crippen molar-refractivity contribution in [3.05, 3.63) is 59.3 Å². The lowest BCUT2D eigenvalue weighted by atomic mass is 9.77. The van der Waals surface area contributed by atoms with Gasteiger partial charge in [0.25, 0.3) is 11.8 Å². The molecular weight excluding hydrogens is 480 g/mol. The van der Waals surface area contributed by atoms with Crippen LogP contribution in [0.1, 0.15) is 43.7 Å². The van der Waals surface area contributed by atoms with Gasteiger partial charge in [-0.1, -0.05) is 35.9 Å². The number of methoxy groups -OCH3 is 1. The zero-order valence-electron chi connectivity index (χ0n) is 20.9. The molecule has 0 bridgehead atoms. The Balaban J connectivity index is 1.21. The van der Waals surface area contributed by atoms with E-state index in [1.165, 1.54) is 0 Å². The van der Waals surface area contributed by atoms with E-state index < -0.39 is 5.60 Å². The van der Waals surface area contributed by atoms with E-state index in [0.29, 0.717) is 54.0 Å². The monoisotopic (exact) mass is 510 g/mol. The number of likely N-dealkylation sites (tertiary alicyclic amines) is 2. The van der Waals surface area contributed by atoms with Crippen molar-refractivity contribution in [1.29, 1.82) is 0 Å². The normalized spacial score (nSPS) is 17.6. The maximum Gasteiger partial charge on any atom is 0.289 e. The SMILES string of the molecule is COc1cccc2cc(C(=O)N3CCC4(CC3)CCN(C(=O)C(C)(C)Oc3ccccc3Cl)C4)oc12. The molecule has 2 aliphatic rings. The van der Waals surface area contributed by atoms with E-state index in [4.69, 9.17) is 25.5 Å². The molecule has 0 N–H and O–H groups in total. The first-order valence-corrected chi connectivity index (χ1v) is 12.7. The molecule has 3 aromatic rings. The largest absolute Gasteiger partial charge is 0.493 e. The molecule has 36 heavy (non-hydrogen) atoms. The number of nitrogens with zero attached hydrogens (tertiary/aromatic N) is 2. The van der Waals surface area contributed by atoms with Gasteiger partial charge in [-0.05, 0) is 62.8 Å². The molecule has 2 aliphatic heterocycles. The molecule has 7 nitrogen and oxygen atoms in total. The number of hydrogen-bond donors (Lipinski definition) is 0. The molecule has 190 valence electrons. The van der Waals surface area contributed by atoms with Crippen molar-refractivity contribution in [2.45, 2.75) is 38.7 Å². The minimum absolute atomic E-state index is 0.0179. The molecule has 0 radical (unpaired) electrons. The van der Waals surface area contributed by atoms with Crippen LogP contribution in [0.25, 0.3) is 11.0 Å². The second-order valence-corrected chi connectivity index (χ2v) is 10.7. The number of carbonyl (C=O) groups excluding carboxylic acids is 2. The van der Waals surface area contributed by atoms with Crippen LogP contribution in [0.2, 0.25) is 5.02 Å². The summed E-state index contributed by atoms with van der Waals surface area (Å²) in [5.41, 5.74) is -0.428. The molecule has 0 atom stereocenters. The van der Waals surface area contributed by atoms with E-state index in [2.05, 4.69) is 0 Å². The number of fused-ring (bicyclic) bond motifs is 1. The fourth-order valence-electron chi connectivity index (χ4n) is 5.39. The van der Waals surface area contributed by atoms with Crippen molar-refractivity contribution in [3.8, 4) is 11.5 Å². The van der Waals surface area contributed by atoms with E-state index in [9.17, 15) is 9.59 Å². The van der Waals surface area contributed by atoms with Gasteiger partial charge in [0, 0.05) is 31.6 Å². The fourth-order valence-corrected chi connectivity index (χ4v) is 5.56. The first kappa shape index (κ1) is 24.5. The minimum Gasteiger partial charge on any atom is -0.493 e. The number of piperidine rings is 1. The van der Waals surface area contributed by atoms with Gasteiger partial charge in [-0.25, -0.2) is 0 Å². The zero-order valence-corrected chi connectivity index (χ0v) is 21.6. The average molecular weight is 511 g/mol. The van der Waals surface area contributed by atoms with Gasteiger partial charge < -0.3 is 23.7 Å². The number of amides is 2. The Morgan fingerprint density at radius 3 is 2.33 bits per heavy atom. The molecule has 2 saturated heterocycles. The van der Waals surface area contributed by atoms with Gasteiger partial charge in [0.1, 0.15) is 5.75 Å². The number of para-hydroxylation sites is 2. The predicted molar refractivity (Wildman–Crippen MR) is 138 cm³/mol. The molecule has 8 heteroatoms. The third kappa shape index (κ3) is 4.52.